The number of para-hydroxylation sites is 1. The third-order valence-corrected chi connectivity index (χ3v) is 12.6. The van der Waals surface area contributed by atoms with Crippen LogP contribution in [0.1, 0.15) is 96.6 Å². The number of benzene rings is 2. The van der Waals surface area contributed by atoms with Crippen LogP contribution in [0.5, 0.6) is 0 Å². The zero-order chi connectivity index (χ0) is 27.2. The molecule has 212 valence electrons. The van der Waals surface area contributed by atoms with Crippen molar-refractivity contribution in [3.63, 3.8) is 0 Å². The third kappa shape index (κ3) is 4.97. The third-order valence-electron chi connectivity index (χ3n) is 12.6. The molecule has 2 aromatic rings. The minimum Gasteiger partial charge on any atom is -0.393 e. The van der Waals surface area contributed by atoms with E-state index in [0.717, 1.165) is 38.0 Å². The molecule has 11 atom stereocenters. The second-order valence-corrected chi connectivity index (χ2v) is 14.5. The predicted molar refractivity (Wildman–Crippen MR) is 160 cm³/mol. The first kappa shape index (κ1) is 27.3. The molecule has 4 saturated carbocycles. The molecular weight excluding hydrogens is 478 g/mol. The minimum absolute atomic E-state index is 0.159. The van der Waals surface area contributed by atoms with Gasteiger partial charge in [-0.3, -0.25) is 0 Å². The summed E-state index contributed by atoms with van der Waals surface area (Å²) in [6.07, 6.45) is 11.1. The molecule has 0 heterocycles. The van der Waals surface area contributed by atoms with Crippen molar-refractivity contribution in [2.75, 3.05) is 5.32 Å². The average molecular weight is 530 g/mol. The summed E-state index contributed by atoms with van der Waals surface area (Å²) < 4.78 is 0. The number of fused-ring (bicyclic) bond motifs is 5. The van der Waals surface area contributed by atoms with Crippen molar-refractivity contribution in [2.24, 2.45) is 46.3 Å². The molecular formula is C36H51NO2. The second-order valence-electron chi connectivity index (χ2n) is 14.5. The van der Waals surface area contributed by atoms with E-state index in [-0.39, 0.29) is 12.2 Å². The molecule has 6 rings (SSSR count). The molecule has 1 unspecified atom stereocenters. The molecule has 3 N–H and O–H groups in total. The van der Waals surface area contributed by atoms with Gasteiger partial charge in [0.25, 0.3) is 0 Å². The molecule has 3 heteroatoms. The highest BCUT2D eigenvalue weighted by Gasteiger charge is 2.62. The highest BCUT2D eigenvalue weighted by molar-refractivity contribution is 5.45. The zero-order valence-corrected chi connectivity index (χ0v) is 24.4. The normalized spacial score (nSPS) is 41.1. The summed E-state index contributed by atoms with van der Waals surface area (Å²) in [6, 6.07) is 21.9. The Morgan fingerprint density at radius 1 is 0.795 bits per heavy atom. The van der Waals surface area contributed by atoms with Crippen LogP contribution >= 0.6 is 0 Å². The van der Waals surface area contributed by atoms with Crippen LogP contribution in [0.3, 0.4) is 0 Å². The Kier molecular flexibility index (Phi) is 7.61. The van der Waals surface area contributed by atoms with Crippen molar-refractivity contribution in [2.45, 2.75) is 103 Å². The Labute approximate surface area is 236 Å². The number of hydrogen-bond donors (Lipinski definition) is 3. The van der Waals surface area contributed by atoms with E-state index in [1.54, 1.807) is 0 Å². The molecule has 0 spiro atoms. The van der Waals surface area contributed by atoms with Crippen molar-refractivity contribution in [3.05, 3.63) is 66.2 Å². The van der Waals surface area contributed by atoms with Gasteiger partial charge in [-0.05, 0) is 128 Å². The van der Waals surface area contributed by atoms with Gasteiger partial charge in [0.05, 0.1) is 18.2 Å². The summed E-state index contributed by atoms with van der Waals surface area (Å²) in [5.74, 6) is 3.63. The molecule has 0 radical (unpaired) electrons. The first-order valence-corrected chi connectivity index (χ1v) is 16.0. The SMILES string of the molecule is C[C@H](CCC(Nc1ccccc1)c1ccccc1)[C@H]1CC[C@H]2[C@@H]3[C@H](O)C[C@@H]4C[C@H](O)CC[C@]4(C)[C@H]3CC[C@]12C. The zero-order valence-electron chi connectivity index (χ0n) is 24.4. The van der Waals surface area contributed by atoms with Crippen LogP contribution in [0, 0.1) is 46.3 Å². The standard InChI is InChI=1S/C36H51NO2/c1-24(14-17-32(25-10-6-4-7-11-25)37-27-12-8-5-9-13-27)29-15-16-30-34-31(19-21-36(29,30)3)35(2)20-18-28(38)22-26(35)23-33(34)39/h4-13,24,26,28-34,37-39H,14-23H2,1-3H3/t24-,26+,28-,29-,30+,31+,32?,33-,34+,35+,36-/m1/s1. The van der Waals surface area contributed by atoms with Gasteiger partial charge in [0, 0.05) is 5.69 Å². The highest BCUT2D eigenvalue weighted by atomic mass is 16.3. The van der Waals surface area contributed by atoms with E-state index in [0.29, 0.717) is 46.5 Å². The summed E-state index contributed by atoms with van der Waals surface area (Å²) >= 11 is 0. The van der Waals surface area contributed by atoms with E-state index in [2.05, 4.69) is 86.8 Å². The molecule has 2 aromatic carbocycles. The molecule has 39 heavy (non-hydrogen) atoms. The van der Waals surface area contributed by atoms with Crippen LogP contribution < -0.4 is 5.32 Å². The maximum absolute atomic E-state index is 11.6. The van der Waals surface area contributed by atoms with Gasteiger partial charge in [0.1, 0.15) is 0 Å². The molecule has 0 saturated heterocycles. The number of nitrogens with one attached hydrogen (secondary N) is 1. The lowest BCUT2D eigenvalue weighted by Crippen LogP contribution is -2.58. The van der Waals surface area contributed by atoms with E-state index >= 15 is 0 Å². The number of aliphatic hydroxyl groups excluding tert-OH is 2. The van der Waals surface area contributed by atoms with Crippen LogP contribution in [0.25, 0.3) is 0 Å². The fourth-order valence-corrected chi connectivity index (χ4v) is 10.5. The van der Waals surface area contributed by atoms with Crippen molar-refractivity contribution in [1.29, 1.82) is 0 Å². The topological polar surface area (TPSA) is 52.5 Å². The summed E-state index contributed by atoms with van der Waals surface area (Å²) in [7, 11) is 0. The lowest BCUT2D eigenvalue weighted by Gasteiger charge is -2.62. The number of anilines is 1. The summed E-state index contributed by atoms with van der Waals surface area (Å²) in [6.45, 7) is 7.64. The quantitative estimate of drug-likeness (QED) is 0.338. The summed E-state index contributed by atoms with van der Waals surface area (Å²) in [4.78, 5) is 0. The number of rotatable bonds is 7. The Morgan fingerprint density at radius 3 is 2.21 bits per heavy atom. The van der Waals surface area contributed by atoms with Gasteiger partial charge in [0.15, 0.2) is 0 Å². The Hall–Kier alpha value is -1.84. The molecule has 4 aliphatic rings. The van der Waals surface area contributed by atoms with Crippen LogP contribution in [0.2, 0.25) is 0 Å². The van der Waals surface area contributed by atoms with Gasteiger partial charge >= 0.3 is 0 Å². The predicted octanol–water partition coefficient (Wildman–Crippen LogP) is 8.25. The van der Waals surface area contributed by atoms with Crippen LogP contribution in [-0.2, 0) is 0 Å². The van der Waals surface area contributed by atoms with Crippen molar-refractivity contribution in [3.8, 4) is 0 Å². The van der Waals surface area contributed by atoms with Gasteiger partial charge in [-0.2, -0.15) is 0 Å². The highest BCUT2D eigenvalue weighted by Crippen LogP contribution is 2.68. The van der Waals surface area contributed by atoms with Gasteiger partial charge in [0.2, 0.25) is 0 Å². The smallest absolute Gasteiger partial charge is 0.0577 e. The molecule has 0 aromatic heterocycles. The van der Waals surface area contributed by atoms with Gasteiger partial charge < -0.3 is 15.5 Å². The maximum Gasteiger partial charge on any atom is 0.0577 e. The fourth-order valence-electron chi connectivity index (χ4n) is 10.5. The molecule has 4 aliphatic carbocycles. The van der Waals surface area contributed by atoms with E-state index in [1.165, 1.54) is 43.4 Å². The van der Waals surface area contributed by atoms with Gasteiger partial charge in [-0.1, -0.05) is 69.3 Å². The lowest BCUT2D eigenvalue weighted by atomic mass is 9.43. The van der Waals surface area contributed by atoms with Crippen LogP contribution in [0.15, 0.2) is 60.7 Å². The van der Waals surface area contributed by atoms with E-state index in [4.69, 9.17) is 0 Å². The van der Waals surface area contributed by atoms with Crippen molar-refractivity contribution >= 4 is 5.69 Å². The first-order chi connectivity index (χ1) is 18.8. The summed E-state index contributed by atoms with van der Waals surface area (Å²) in [5, 5.41) is 25.8. The summed E-state index contributed by atoms with van der Waals surface area (Å²) in [5.41, 5.74) is 3.21. The van der Waals surface area contributed by atoms with Crippen LogP contribution in [0.4, 0.5) is 5.69 Å². The second kappa shape index (κ2) is 10.9. The molecule has 3 nitrogen and oxygen atoms in total. The molecule has 4 fully saturated rings. The van der Waals surface area contributed by atoms with E-state index in [1.807, 2.05) is 0 Å². The maximum atomic E-state index is 11.6. The van der Waals surface area contributed by atoms with Crippen molar-refractivity contribution in [1.82, 2.24) is 0 Å². The average Bonchev–Trinajstić information content (AvgIpc) is 3.30. The Balaban J connectivity index is 1.16. The van der Waals surface area contributed by atoms with Crippen molar-refractivity contribution < 1.29 is 10.2 Å². The van der Waals surface area contributed by atoms with Crippen LogP contribution in [-0.4, -0.2) is 22.4 Å². The Bertz CT molecular complexity index is 1090. The fraction of sp³-hybridized carbons (Fsp3) is 0.667. The number of aliphatic hydroxyl groups is 2. The molecule has 0 bridgehead atoms. The lowest BCUT2D eigenvalue weighted by molar-refractivity contribution is -0.174. The molecule has 0 amide bonds. The van der Waals surface area contributed by atoms with Gasteiger partial charge in [-0.15, -0.1) is 0 Å². The minimum atomic E-state index is -0.186. The largest absolute Gasteiger partial charge is 0.393 e. The van der Waals surface area contributed by atoms with E-state index < -0.39 is 0 Å². The monoisotopic (exact) mass is 529 g/mol. The number of hydrogen-bond acceptors (Lipinski definition) is 3. The van der Waals surface area contributed by atoms with E-state index in [9.17, 15) is 10.2 Å². The Morgan fingerprint density at radius 2 is 1.46 bits per heavy atom. The first-order valence-electron chi connectivity index (χ1n) is 16.0. The molecule has 0 aliphatic heterocycles. The van der Waals surface area contributed by atoms with Gasteiger partial charge in [-0.25, -0.2) is 0 Å².